The number of carbonyl (C=O) groups excluding carboxylic acids is 1. The van der Waals surface area contributed by atoms with Gasteiger partial charge in [0, 0.05) is 25.6 Å². The van der Waals surface area contributed by atoms with Crippen molar-refractivity contribution in [1.29, 1.82) is 0 Å². The zero-order chi connectivity index (χ0) is 24.7. The van der Waals surface area contributed by atoms with Crippen LogP contribution in [0.3, 0.4) is 0 Å². The van der Waals surface area contributed by atoms with Crippen LogP contribution >= 0.6 is 0 Å². The summed E-state index contributed by atoms with van der Waals surface area (Å²) in [7, 11) is 0. The molecule has 2 saturated heterocycles. The Morgan fingerprint density at radius 2 is 1.71 bits per heavy atom. The lowest BCUT2D eigenvalue weighted by Gasteiger charge is -2.50. The molecule has 34 heavy (non-hydrogen) atoms. The number of alkyl halides is 3. The average molecular weight is 477 g/mol. The van der Waals surface area contributed by atoms with Crippen molar-refractivity contribution in [2.75, 3.05) is 26.2 Å². The van der Waals surface area contributed by atoms with E-state index < -0.39 is 17.2 Å². The van der Waals surface area contributed by atoms with Gasteiger partial charge in [-0.15, -0.1) is 0 Å². The van der Waals surface area contributed by atoms with Gasteiger partial charge in [-0.2, -0.15) is 13.2 Å². The molecule has 2 fully saturated rings. The maximum atomic E-state index is 13.7. The van der Waals surface area contributed by atoms with Crippen molar-refractivity contribution in [3.05, 3.63) is 70.5 Å². The lowest BCUT2D eigenvalue weighted by Crippen LogP contribution is -2.53. The largest absolute Gasteiger partial charge is 0.416 e. The van der Waals surface area contributed by atoms with Crippen LogP contribution in [0, 0.1) is 18.2 Å². The maximum Gasteiger partial charge on any atom is 0.416 e. The smallest absolute Gasteiger partial charge is 0.342 e. The fourth-order valence-electron chi connectivity index (χ4n) is 5.80. The van der Waals surface area contributed by atoms with Gasteiger partial charge < -0.3 is 10.2 Å². The number of amides is 1. The highest BCUT2D eigenvalue weighted by atomic mass is 19.4. The first kappa shape index (κ1) is 24.7. The van der Waals surface area contributed by atoms with Crippen molar-refractivity contribution < 1.29 is 22.4 Å². The van der Waals surface area contributed by atoms with E-state index >= 15 is 0 Å². The van der Waals surface area contributed by atoms with E-state index in [0.717, 1.165) is 55.6 Å². The van der Waals surface area contributed by atoms with Crippen LogP contribution in [0.5, 0.6) is 0 Å². The van der Waals surface area contributed by atoms with E-state index in [0.29, 0.717) is 18.7 Å². The highest BCUT2D eigenvalue weighted by Gasteiger charge is 2.46. The summed E-state index contributed by atoms with van der Waals surface area (Å²) in [5.74, 6) is -0.156. The first-order chi connectivity index (χ1) is 15.9. The van der Waals surface area contributed by atoms with E-state index in [1.54, 1.807) is 26.0 Å². The highest BCUT2D eigenvalue weighted by molar-refractivity contribution is 5.87. The molecule has 0 aliphatic carbocycles. The van der Waals surface area contributed by atoms with Crippen molar-refractivity contribution >= 4 is 5.91 Å². The number of carbonyl (C=O) groups is 1. The molecule has 2 aromatic carbocycles. The minimum atomic E-state index is -4.45. The number of hydrogen-bond donors (Lipinski definition) is 1. The molecule has 3 nitrogen and oxygen atoms in total. The fraction of sp³-hybridized carbons (Fsp3) is 0.519. The van der Waals surface area contributed by atoms with Crippen LogP contribution in [-0.4, -0.2) is 37.0 Å². The molecular formula is C27H32F4N2O. The lowest BCUT2D eigenvalue weighted by molar-refractivity contribution is -0.140. The van der Waals surface area contributed by atoms with Crippen LogP contribution in [0.2, 0.25) is 0 Å². The van der Waals surface area contributed by atoms with Crippen LogP contribution in [0.1, 0.15) is 61.3 Å². The first-order valence-electron chi connectivity index (χ1n) is 11.9. The summed E-state index contributed by atoms with van der Waals surface area (Å²) < 4.78 is 53.4. The Labute approximate surface area is 198 Å². The Morgan fingerprint density at radius 3 is 2.35 bits per heavy atom. The zero-order valence-electron chi connectivity index (χ0n) is 19.9. The van der Waals surface area contributed by atoms with Crippen molar-refractivity contribution in [3.63, 3.8) is 0 Å². The molecule has 2 aliphatic rings. The maximum absolute atomic E-state index is 13.7. The van der Waals surface area contributed by atoms with Gasteiger partial charge in [0.15, 0.2) is 0 Å². The lowest BCUT2D eigenvalue weighted by atomic mass is 9.62. The first-order valence-corrected chi connectivity index (χ1v) is 11.9. The van der Waals surface area contributed by atoms with Crippen LogP contribution in [0.15, 0.2) is 42.5 Å². The molecule has 1 unspecified atom stereocenters. The monoisotopic (exact) mass is 476 g/mol. The summed E-state index contributed by atoms with van der Waals surface area (Å²) in [5.41, 5.74) is 0.678. The van der Waals surface area contributed by atoms with Gasteiger partial charge in [-0.05, 0) is 86.9 Å². The van der Waals surface area contributed by atoms with Gasteiger partial charge in [-0.25, -0.2) is 4.39 Å². The van der Waals surface area contributed by atoms with Gasteiger partial charge in [0.05, 0.1) is 11.0 Å². The molecule has 2 aliphatic heterocycles. The third-order valence-corrected chi connectivity index (χ3v) is 7.99. The number of hydrogen-bond acceptors (Lipinski definition) is 2. The third-order valence-electron chi connectivity index (χ3n) is 7.99. The predicted molar refractivity (Wildman–Crippen MR) is 124 cm³/mol. The summed E-state index contributed by atoms with van der Waals surface area (Å²) in [6.07, 6.45) is -1.83. The number of aryl methyl sites for hydroxylation is 1. The summed E-state index contributed by atoms with van der Waals surface area (Å²) in [6, 6.07) is 10.1. The van der Waals surface area contributed by atoms with Crippen molar-refractivity contribution in [3.8, 4) is 0 Å². The Hall–Kier alpha value is -2.41. The van der Waals surface area contributed by atoms with E-state index in [1.165, 1.54) is 12.1 Å². The molecule has 4 rings (SSSR count). The van der Waals surface area contributed by atoms with Crippen LogP contribution < -0.4 is 5.32 Å². The summed E-state index contributed by atoms with van der Waals surface area (Å²) >= 11 is 0. The number of nitrogens with zero attached hydrogens (tertiary/aromatic N) is 1. The van der Waals surface area contributed by atoms with E-state index in [-0.39, 0.29) is 23.1 Å². The Kier molecular flexibility index (Phi) is 6.53. The van der Waals surface area contributed by atoms with E-state index in [2.05, 4.69) is 5.32 Å². The number of benzene rings is 2. The van der Waals surface area contributed by atoms with Crippen molar-refractivity contribution in [2.24, 2.45) is 5.41 Å². The zero-order valence-corrected chi connectivity index (χ0v) is 19.9. The Balaban J connectivity index is 1.52. The molecule has 2 aromatic rings. The molecule has 1 atom stereocenters. The third kappa shape index (κ3) is 4.59. The second-order valence-electron chi connectivity index (χ2n) is 10.4. The summed E-state index contributed by atoms with van der Waals surface area (Å²) in [4.78, 5) is 15.3. The van der Waals surface area contributed by atoms with E-state index in [4.69, 9.17) is 0 Å². The fourth-order valence-corrected chi connectivity index (χ4v) is 5.80. The van der Waals surface area contributed by atoms with Gasteiger partial charge in [0.2, 0.25) is 5.91 Å². The van der Waals surface area contributed by atoms with E-state index in [1.807, 2.05) is 17.9 Å². The van der Waals surface area contributed by atoms with Crippen LogP contribution in [0.25, 0.3) is 0 Å². The topological polar surface area (TPSA) is 32.3 Å². The van der Waals surface area contributed by atoms with Crippen molar-refractivity contribution in [2.45, 2.75) is 57.5 Å². The molecule has 0 bridgehead atoms. The summed E-state index contributed by atoms with van der Waals surface area (Å²) in [5, 5.41) is 3.48. The molecule has 1 amide bonds. The second kappa shape index (κ2) is 8.99. The van der Waals surface area contributed by atoms with Gasteiger partial charge >= 0.3 is 6.18 Å². The normalized spacial score (nSPS) is 21.0. The van der Waals surface area contributed by atoms with Gasteiger partial charge in [0.1, 0.15) is 5.82 Å². The molecule has 1 spiro atoms. The number of rotatable bonds is 3. The predicted octanol–water partition coefficient (Wildman–Crippen LogP) is 5.82. The SMILES string of the molecule is Cc1cc(F)ccc1C1CNCCC12CCN(C(=O)C(C)(C)c1cccc(C(F)(F)F)c1)CC2. The molecule has 7 heteroatoms. The number of likely N-dealkylation sites (tertiary alicyclic amines) is 1. The number of piperidine rings is 2. The summed E-state index contributed by atoms with van der Waals surface area (Å²) in [6.45, 7) is 8.19. The quantitative estimate of drug-likeness (QED) is 0.567. The molecular weight excluding hydrogens is 444 g/mol. The molecule has 184 valence electrons. The average Bonchev–Trinajstić information content (AvgIpc) is 2.79. The number of halogens is 4. The van der Waals surface area contributed by atoms with Crippen LogP contribution in [-0.2, 0) is 16.4 Å². The molecule has 2 heterocycles. The molecule has 0 saturated carbocycles. The van der Waals surface area contributed by atoms with Crippen molar-refractivity contribution in [1.82, 2.24) is 10.2 Å². The standard InChI is InChI=1S/C27H32F4N2O/c1-18-15-21(28)7-8-22(18)23-17-32-12-9-26(23)10-13-33(14-11-26)24(34)25(2,3)19-5-4-6-20(16-19)27(29,30)31/h4-8,15-16,23,32H,9-14,17H2,1-3H3. The van der Waals surface area contributed by atoms with E-state index in [9.17, 15) is 22.4 Å². The van der Waals surface area contributed by atoms with Gasteiger partial charge in [-0.1, -0.05) is 24.3 Å². The minimum absolute atomic E-state index is 0.0188. The van der Waals surface area contributed by atoms with Gasteiger partial charge in [-0.3, -0.25) is 4.79 Å². The number of nitrogens with one attached hydrogen (secondary N) is 1. The van der Waals surface area contributed by atoms with Crippen LogP contribution in [0.4, 0.5) is 17.6 Å². The molecule has 0 aromatic heterocycles. The highest BCUT2D eigenvalue weighted by Crippen LogP contribution is 2.49. The molecule has 1 N–H and O–H groups in total. The minimum Gasteiger partial charge on any atom is -0.342 e. The Bertz CT molecular complexity index is 1050. The molecule has 0 radical (unpaired) electrons. The Morgan fingerprint density at radius 1 is 1.03 bits per heavy atom. The van der Waals surface area contributed by atoms with Gasteiger partial charge in [0.25, 0.3) is 0 Å². The second-order valence-corrected chi connectivity index (χ2v) is 10.4.